The zero-order valence-electron chi connectivity index (χ0n) is 8.61. The fraction of sp³-hybridized carbons (Fsp3) is 0.182. The number of H-pyrrole nitrogens is 1. The molecule has 0 bridgehead atoms. The Labute approximate surface area is 93.2 Å². The van der Waals surface area contributed by atoms with Crippen LogP contribution in [0.25, 0.3) is 11.3 Å². The summed E-state index contributed by atoms with van der Waals surface area (Å²) in [5, 5.41) is 0. The van der Waals surface area contributed by atoms with E-state index in [2.05, 4.69) is 15.0 Å². The lowest BCUT2D eigenvalue weighted by Gasteiger charge is -2.03. The van der Waals surface area contributed by atoms with Gasteiger partial charge in [-0.2, -0.15) is 0 Å². The van der Waals surface area contributed by atoms with Crippen molar-refractivity contribution in [3.05, 3.63) is 40.6 Å². The van der Waals surface area contributed by atoms with E-state index in [-0.39, 0.29) is 0 Å². The predicted octanol–water partition coefficient (Wildman–Crippen LogP) is 2.82. The van der Waals surface area contributed by atoms with Gasteiger partial charge in [-0.25, -0.2) is 4.98 Å². The maximum atomic E-state index is 5.07. The van der Waals surface area contributed by atoms with Crippen LogP contribution >= 0.6 is 12.2 Å². The number of aryl methyl sites for hydroxylation is 2. The van der Waals surface area contributed by atoms with Crippen LogP contribution in [-0.4, -0.2) is 15.0 Å². The first-order valence-corrected chi connectivity index (χ1v) is 5.07. The molecule has 2 rings (SSSR count). The van der Waals surface area contributed by atoms with Crippen LogP contribution in [-0.2, 0) is 0 Å². The average Bonchev–Trinajstić information content (AvgIpc) is 2.16. The van der Waals surface area contributed by atoms with Gasteiger partial charge in [0.15, 0.2) is 0 Å². The Hall–Kier alpha value is -1.55. The van der Waals surface area contributed by atoms with Gasteiger partial charge in [0, 0.05) is 23.1 Å². The fourth-order valence-electron chi connectivity index (χ4n) is 1.45. The largest absolute Gasteiger partial charge is 0.343 e. The highest BCUT2D eigenvalue weighted by Gasteiger charge is 1.99. The van der Waals surface area contributed by atoms with E-state index >= 15 is 0 Å². The number of aromatic amines is 1. The Morgan fingerprint density at radius 2 is 2.07 bits per heavy atom. The number of pyridine rings is 1. The van der Waals surface area contributed by atoms with E-state index in [0.29, 0.717) is 4.64 Å². The van der Waals surface area contributed by atoms with Crippen LogP contribution in [0.15, 0.2) is 24.4 Å². The summed E-state index contributed by atoms with van der Waals surface area (Å²) >= 11 is 5.07. The van der Waals surface area contributed by atoms with Crippen molar-refractivity contribution < 1.29 is 0 Å². The van der Waals surface area contributed by atoms with Gasteiger partial charge in [-0.1, -0.05) is 12.2 Å². The Bertz CT molecular complexity index is 546. The van der Waals surface area contributed by atoms with Crippen LogP contribution < -0.4 is 0 Å². The van der Waals surface area contributed by atoms with Gasteiger partial charge in [-0.15, -0.1) is 0 Å². The van der Waals surface area contributed by atoms with Crippen LogP contribution in [0.2, 0.25) is 0 Å². The van der Waals surface area contributed by atoms with Gasteiger partial charge >= 0.3 is 0 Å². The molecule has 0 aliphatic rings. The standard InChI is InChI=1S/C11H11N3S/c1-7-5-9(3-4-12-7)10-6-11(15)14-8(2)13-10/h3-6H,1-2H3,(H,13,14,15). The van der Waals surface area contributed by atoms with Crippen molar-refractivity contribution in [1.82, 2.24) is 15.0 Å². The summed E-state index contributed by atoms with van der Waals surface area (Å²) in [6.45, 7) is 3.86. The van der Waals surface area contributed by atoms with Crippen molar-refractivity contribution >= 4 is 12.2 Å². The van der Waals surface area contributed by atoms with Crippen molar-refractivity contribution in [1.29, 1.82) is 0 Å². The summed E-state index contributed by atoms with van der Waals surface area (Å²) in [4.78, 5) is 11.5. The smallest absolute Gasteiger partial charge is 0.130 e. The number of aromatic nitrogens is 3. The fourth-order valence-corrected chi connectivity index (χ4v) is 1.70. The van der Waals surface area contributed by atoms with Gasteiger partial charge in [0.05, 0.1) is 0 Å². The van der Waals surface area contributed by atoms with Crippen molar-refractivity contribution in [3.8, 4) is 11.3 Å². The van der Waals surface area contributed by atoms with Crippen molar-refractivity contribution in [2.24, 2.45) is 0 Å². The van der Waals surface area contributed by atoms with E-state index in [1.807, 2.05) is 32.0 Å². The summed E-state index contributed by atoms with van der Waals surface area (Å²) in [6.07, 6.45) is 1.79. The van der Waals surface area contributed by atoms with Gasteiger partial charge in [-0.05, 0) is 32.0 Å². The van der Waals surface area contributed by atoms with Crippen LogP contribution in [0.4, 0.5) is 0 Å². The van der Waals surface area contributed by atoms with Crippen LogP contribution in [0.1, 0.15) is 11.5 Å². The minimum Gasteiger partial charge on any atom is -0.343 e. The molecular weight excluding hydrogens is 206 g/mol. The summed E-state index contributed by atoms with van der Waals surface area (Å²) < 4.78 is 0.607. The molecule has 0 spiro atoms. The lowest BCUT2D eigenvalue weighted by Crippen LogP contribution is -1.92. The summed E-state index contributed by atoms with van der Waals surface area (Å²) in [5.41, 5.74) is 3.05. The monoisotopic (exact) mass is 217 g/mol. The van der Waals surface area contributed by atoms with E-state index in [9.17, 15) is 0 Å². The molecule has 0 amide bonds. The number of nitrogens with one attached hydrogen (secondary N) is 1. The molecule has 2 heterocycles. The summed E-state index contributed by atoms with van der Waals surface area (Å²) in [6, 6.07) is 5.82. The second-order valence-corrected chi connectivity index (χ2v) is 3.82. The number of hydrogen-bond acceptors (Lipinski definition) is 3. The van der Waals surface area contributed by atoms with Crippen LogP contribution in [0.5, 0.6) is 0 Å². The Kier molecular flexibility index (Phi) is 2.60. The second-order valence-electron chi connectivity index (χ2n) is 3.40. The van der Waals surface area contributed by atoms with Gasteiger partial charge in [0.1, 0.15) is 10.5 Å². The van der Waals surface area contributed by atoms with E-state index < -0.39 is 0 Å². The van der Waals surface area contributed by atoms with Crippen LogP contribution in [0, 0.1) is 18.5 Å². The normalized spacial score (nSPS) is 10.3. The number of rotatable bonds is 1. The molecule has 2 aromatic rings. The number of hydrogen-bond donors (Lipinski definition) is 1. The molecule has 0 unspecified atom stereocenters. The molecule has 4 heteroatoms. The molecule has 76 valence electrons. The van der Waals surface area contributed by atoms with Crippen molar-refractivity contribution in [3.63, 3.8) is 0 Å². The lowest BCUT2D eigenvalue weighted by atomic mass is 10.1. The topological polar surface area (TPSA) is 41.6 Å². The molecule has 0 radical (unpaired) electrons. The maximum absolute atomic E-state index is 5.07. The molecule has 15 heavy (non-hydrogen) atoms. The molecule has 0 aliphatic heterocycles. The zero-order valence-corrected chi connectivity index (χ0v) is 9.43. The Balaban J connectivity index is 2.59. The maximum Gasteiger partial charge on any atom is 0.130 e. The average molecular weight is 217 g/mol. The van der Waals surface area contributed by atoms with E-state index in [1.54, 1.807) is 6.20 Å². The highest BCUT2D eigenvalue weighted by atomic mass is 32.1. The molecule has 0 atom stereocenters. The third kappa shape index (κ3) is 2.27. The van der Waals surface area contributed by atoms with Gasteiger partial charge in [-0.3, -0.25) is 4.98 Å². The van der Waals surface area contributed by atoms with Crippen molar-refractivity contribution in [2.75, 3.05) is 0 Å². The van der Waals surface area contributed by atoms with Gasteiger partial charge < -0.3 is 4.98 Å². The highest BCUT2D eigenvalue weighted by Crippen LogP contribution is 2.16. The summed E-state index contributed by atoms with van der Waals surface area (Å²) in [5.74, 6) is 0.826. The van der Waals surface area contributed by atoms with E-state index in [0.717, 1.165) is 22.8 Å². The van der Waals surface area contributed by atoms with Crippen molar-refractivity contribution in [2.45, 2.75) is 13.8 Å². The molecule has 0 saturated carbocycles. The minimum absolute atomic E-state index is 0.607. The molecular formula is C11H11N3S. The van der Waals surface area contributed by atoms with Crippen LogP contribution in [0.3, 0.4) is 0 Å². The summed E-state index contributed by atoms with van der Waals surface area (Å²) in [7, 11) is 0. The first-order valence-electron chi connectivity index (χ1n) is 4.66. The molecule has 0 aromatic carbocycles. The van der Waals surface area contributed by atoms with E-state index in [4.69, 9.17) is 12.2 Å². The highest BCUT2D eigenvalue weighted by molar-refractivity contribution is 7.71. The lowest BCUT2D eigenvalue weighted by molar-refractivity contribution is 1.04. The second kappa shape index (κ2) is 3.90. The van der Waals surface area contributed by atoms with E-state index in [1.165, 1.54) is 0 Å². The van der Waals surface area contributed by atoms with Gasteiger partial charge in [0.25, 0.3) is 0 Å². The minimum atomic E-state index is 0.607. The Morgan fingerprint density at radius 1 is 1.27 bits per heavy atom. The third-order valence-corrected chi connectivity index (χ3v) is 2.28. The molecule has 1 N–H and O–H groups in total. The Morgan fingerprint density at radius 3 is 2.73 bits per heavy atom. The SMILES string of the molecule is Cc1cc(-c2cc(=S)nc(C)[nH]2)ccn1. The first-order chi connectivity index (χ1) is 7.15. The molecule has 0 saturated heterocycles. The number of nitrogens with zero attached hydrogens (tertiary/aromatic N) is 2. The quantitative estimate of drug-likeness (QED) is 0.747. The molecule has 0 aliphatic carbocycles. The van der Waals surface area contributed by atoms with Gasteiger partial charge in [0.2, 0.25) is 0 Å². The zero-order chi connectivity index (χ0) is 10.8. The molecule has 2 aromatic heterocycles. The predicted molar refractivity (Wildman–Crippen MR) is 62.1 cm³/mol. The molecule has 3 nitrogen and oxygen atoms in total. The third-order valence-electron chi connectivity index (χ3n) is 2.07. The first kappa shape index (κ1) is 9.98. The molecule has 0 fully saturated rings.